The molecule has 118 valence electrons. The van der Waals surface area contributed by atoms with Gasteiger partial charge in [0.2, 0.25) is 0 Å². The summed E-state index contributed by atoms with van der Waals surface area (Å²) in [5.74, 6) is 0. The molecule has 0 spiro atoms. The van der Waals surface area contributed by atoms with Gasteiger partial charge in [-0.25, -0.2) is 0 Å². The molecule has 1 aliphatic heterocycles. The molecule has 0 amide bonds. The van der Waals surface area contributed by atoms with Gasteiger partial charge in [0.25, 0.3) is 0 Å². The maximum absolute atomic E-state index is 6.46. The number of likely N-dealkylation sites (N-methyl/N-ethyl adjacent to an activating group) is 1. The minimum Gasteiger partial charge on any atom is -0.326 e. The van der Waals surface area contributed by atoms with Gasteiger partial charge in [-0.1, -0.05) is 43.6 Å². The summed E-state index contributed by atoms with van der Waals surface area (Å²) >= 11 is 6.45. The molecule has 1 aromatic carbocycles. The van der Waals surface area contributed by atoms with Crippen LogP contribution in [0.15, 0.2) is 24.3 Å². The third-order valence-corrected chi connectivity index (χ3v) is 5.12. The van der Waals surface area contributed by atoms with E-state index < -0.39 is 0 Å². The molecule has 1 aliphatic rings. The lowest BCUT2D eigenvalue weighted by atomic mass is 9.94. The van der Waals surface area contributed by atoms with Crippen LogP contribution < -0.4 is 5.73 Å². The van der Waals surface area contributed by atoms with Crippen molar-refractivity contribution >= 4 is 11.6 Å². The summed E-state index contributed by atoms with van der Waals surface area (Å²) in [6.07, 6.45) is 2.13. The van der Waals surface area contributed by atoms with Gasteiger partial charge in [0.05, 0.1) is 6.04 Å². The Morgan fingerprint density at radius 2 is 2.00 bits per heavy atom. The highest BCUT2D eigenvalue weighted by Gasteiger charge is 2.32. The quantitative estimate of drug-likeness (QED) is 0.907. The summed E-state index contributed by atoms with van der Waals surface area (Å²) in [6.45, 7) is 7.62. The van der Waals surface area contributed by atoms with E-state index >= 15 is 0 Å². The average molecular weight is 310 g/mol. The Labute approximate surface area is 134 Å². The Morgan fingerprint density at radius 3 is 2.62 bits per heavy atom. The van der Waals surface area contributed by atoms with Crippen LogP contribution in [-0.4, -0.2) is 48.6 Å². The third kappa shape index (κ3) is 3.78. The average Bonchev–Trinajstić information content (AvgIpc) is 2.50. The van der Waals surface area contributed by atoms with E-state index in [4.69, 9.17) is 17.3 Å². The molecular formula is C17H28ClN3. The SMILES string of the molecule is CCC(N)C(c1ccccc1Cl)N1CCN(C)C(CC)C1. The van der Waals surface area contributed by atoms with Gasteiger partial charge in [-0.05, 0) is 31.5 Å². The minimum atomic E-state index is 0.116. The molecule has 0 saturated carbocycles. The zero-order valence-corrected chi connectivity index (χ0v) is 14.2. The summed E-state index contributed by atoms with van der Waals surface area (Å²) in [6, 6.07) is 9.08. The third-order valence-electron chi connectivity index (χ3n) is 4.77. The van der Waals surface area contributed by atoms with Crippen LogP contribution in [0.5, 0.6) is 0 Å². The predicted octanol–water partition coefficient (Wildman–Crippen LogP) is 3.14. The Hall–Kier alpha value is -0.610. The van der Waals surface area contributed by atoms with Crippen molar-refractivity contribution in [2.24, 2.45) is 5.73 Å². The van der Waals surface area contributed by atoms with Gasteiger partial charge in [0.15, 0.2) is 0 Å². The highest BCUT2D eigenvalue weighted by molar-refractivity contribution is 6.31. The number of benzene rings is 1. The van der Waals surface area contributed by atoms with Crippen molar-refractivity contribution < 1.29 is 0 Å². The van der Waals surface area contributed by atoms with Crippen LogP contribution in [0.4, 0.5) is 0 Å². The van der Waals surface area contributed by atoms with E-state index in [9.17, 15) is 0 Å². The van der Waals surface area contributed by atoms with Gasteiger partial charge in [0, 0.05) is 36.7 Å². The Kier molecular flexibility index (Phi) is 6.06. The Balaban J connectivity index is 2.27. The van der Waals surface area contributed by atoms with Crippen LogP contribution in [0, 0.1) is 0 Å². The second kappa shape index (κ2) is 7.59. The smallest absolute Gasteiger partial charge is 0.0515 e. The van der Waals surface area contributed by atoms with E-state index in [0.717, 1.165) is 31.1 Å². The lowest BCUT2D eigenvalue weighted by Gasteiger charge is -2.44. The van der Waals surface area contributed by atoms with E-state index in [1.54, 1.807) is 0 Å². The summed E-state index contributed by atoms with van der Waals surface area (Å²) in [5.41, 5.74) is 7.63. The molecule has 21 heavy (non-hydrogen) atoms. The molecule has 0 aromatic heterocycles. The van der Waals surface area contributed by atoms with Gasteiger partial charge in [-0.2, -0.15) is 0 Å². The van der Waals surface area contributed by atoms with Crippen molar-refractivity contribution in [2.75, 3.05) is 26.7 Å². The number of hydrogen-bond acceptors (Lipinski definition) is 3. The van der Waals surface area contributed by atoms with E-state index in [0.29, 0.717) is 6.04 Å². The molecule has 3 atom stereocenters. The highest BCUT2D eigenvalue weighted by Crippen LogP contribution is 2.32. The van der Waals surface area contributed by atoms with Gasteiger partial charge in [0.1, 0.15) is 0 Å². The van der Waals surface area contributed by atoms with Crippen LogP contribution in [0.2, 0.25) is 5.02 Å². The molecule has 4 heteroatoms. The fraction of sp³-hybridized carbons (Fsp3) is 0.647. The second-order valence-electron chi connectivity index (χ2n) is 6.08. The molecule has 0 radical (unpaired) electrons. The first-order valence-corrected chi connectivity index (χ1v) is 8.40. The summed E-state index contributed by atoms with van der Waals surface area (Å²) in [7, 11) is 2.22. The maximum Gasteiger partial charge on any atom is 0.0515 e. The summed E-state index contributed by atoms with van der Waals surface area (Å²) in [4.78, 5) is 4.99. The molecule has 3 unspecified atom stereocenters. The minimum absolute atomic E-state index is 0.116. The summed E-state index contributed by atoms with van der Waals surface area (Å²) in [5, 5.41) is 0.832. The first kappa shape index (κ1) is 16.8. The van der Waals surface area contributed by atoms with Crippen molar-refractivity contribution in [3.05, 3.63) is 34.9 Å². The second-order valence-corrected chi connectivity index (χ2v) is 6.48. The van der Waals surface area contributed by atoms with Crippen LogP contribution >= 0.6 is 11.6 Å². The van der Waals surface area contributed by atoms with Crippen LogP contribution in [0.1, 0.15) is 38.3 Å². The van der Waals surface area contributed by atoms with E-state index in [1.807, 2.05) is 12.1 Å². The summed E-state index contributed by atoms with van der Waals surface area (Å²) < 4.78 is 0. The van der Waals surface area contributed by atoms with E-state index in [-0.39, 0.29) is 12.1 Å². The topological polar surface area (TPSA) is 32.5 Å². The van der Waals surface area contributed by atoms with Crippen molar-refractivity contribution in [3.8, 4) is 0 Å². The molecule has 2 N–H and O–H groups in total. The van der Waals surface area contributed by atoms with Crippen molar-refractivity contribution in [3.63, 3.8) is 0 Å². The monoisotopic (exact) mass is 309 g/mol. The first-order chi connectivity index (χ1) is 10.1. The predicted molar refractivity (Wildman–Crippen MR) is 90.7 cm³/mol. The fourth-order valence-corrected chi connectivity index (χ4v) is 3.55. The van der Waals surface area contributed by atoms with Crippen molar-refractivity contribution in [2.45, 2.75) is 44.8 Å². The zero-order valence-electron chi connectivity index (χ0n) is 13.4. The van der Waals surface area contributed by atoms with E-state index in [1.165, 1.54) is 12.0 Å². The molecular weight excluding hydrogens is 282 g/mol. The highest BCUT2D eigenvalue weighted by atomic mass is 35.5. The largest absolute Gasteiger partial charge is 0.326 e. The molecule has 0 aliphatic carbocycles. The molecule has 1 heterocycles. The van der Waals surface area contributed by atoms with Crippen molar-refractivity contribution in [1.82, 2.24) is 9.80 Å². The van der Waals surface area contributed by atoms with E-state index in [2.05, 4.69) is 42.8 Å². The first-order valence-electron chi connectivity index (χ1n) is 8.02. The van der Waals surface area contributed by atoms with Crippen molar-refractivity contribution in [1.29, 1.82) is 0 Å². The fourth-order valence-electron chi connectivity index (χ4n) is 3.30. The molecule has 2 rings (SSSR count). The zero-order chi connectivity index (χ0) is 15.4. The van der Waals surface area contributed by atoms with Crippen LogP contribution in [0.3, 0.4) is 0 Å². The molecule has 3 nitrogen and oxygen atoms in total. The number of rotatable bonds is 5. The van der Waals surface area contributed by atoms with Gasteiger partial charge >= 0.3 is 0 Å². The lowest BCUT2D eigenvalue weighted by molar-refractivity contribution is 0.0525. The number of hydrogen-bond donors (Lipinski definition) is 1. The van der Waals surface area contributed by atoms with Gasteiger partial charge < -0.3 is 10.6 Å². The Morgan fingerprint density at radius 1 is 1.29 bits per heavy atom. The molecule has 1 aromatic rings. The normalized spacial score (nSPS) is 24.0. The Bertz CT molecular complexity index is 451. The molecule has 1 saturated heterocycles. The van der Waals surface area contributed by atoms with Gasteiger partial charge in [-0.15, -0.1) is 0 Å². The number of piperazine rings is 1. The van der Waals surface area contributed by atoms with Crippen LogP contribution in [-0.2, 0) is 0 Å². The standard InChI is InChI=1S/C17H28ClN3/c1-4-13-12-21(11-10-20(13)3)17(16(19)5-2)14-8-6-7-9-15(14)18/h6-9,13,16-17H,4-5,10-12,19H2,1-3H3. The number of nitrogens with two attached hydrogens (primary N) is 1. The van der Waals surface area contributed by atoms with Crippen LogP contribution in [0.25, 0.3) is 0 Å². The van der Waals surface area contributed by atoms with Gasteiger partial charge in [-0.3, -0.25) is 4.90 Å². The number of nitrogens with zero attached hydrogens (tertiary/aromatic N) is 2. The lowest BCUT2D eigenvalue weighted by Crippen LogP contribution is -2.54. The number of halogens is 1. The molecule has 0 bridgehead atoms. The molecule has 1 fully saturated rings. The maximum atomic E-state index is 6.46.